The highest BCUT2D eigenvalue weighted by molar-refractivity contribution is 4.83. The highest BCUT2D eigenvalue weighted by atomic mass is 16.3. The number of hydrogen-bond acceptors (Lipinski definition) is 2. The van der Waals surface area contributed by atoms with Gasteiger partial charge in [0, 0.05) is 6.54 Å². The summed E-state index contributed by atoms with van der Waals surface area (Å²) in [6.07, 6.45) is 4.94. The third-order valence-corrected chi connectivity index (χ3v) is 2.91. The Bertz CT molecular complexity index is 128. The van der Waals surface area contributed by atoms with Crippen molar-refractivity contribution in [1.29, 1.82) is 0 Å². The van der Waals surface area contributed by atoms with Crippen LogP contribution in [0, 0.1) is 11.8 Å². The fraction of sp³-hybridized carbons (Fsp3) is 1.00. The van der Waals surface area contributed by atoms with Gasteiger partial charge in [-0.05, 0) is 31.2 Å². The van der Waals surface area contributed by atoms with Gasteiger partial charge < -0.3 is 10.4 Å². The maximum atomic E-state index is 9.72. The molecule has 0 radical (unpaired) electrons. The van der Waals surface area contributed by atoms with Crippen LogP contribution in [0.5, 0.6) is 0 Å². The molecule has 2 heteroatoms. The summed E-state index contributed by atoms with van der Waals surface area (Å²) in [5.74, 6) is 1.42. The molecule has 0 amide bonds. The van der Waals surface area contributed by atoms with Crippen LogP contribution in [-0.4, -0.2) is 24.3 Å². The van der Waals surface area contributed by atoms with Crippen LogP contribution in [0.3, 0.4) is 0 Å². The van der Waals surface area contributed by atoms with Crippen LogP contribution < -0.4 is 5.32 Å². The molecule has 0 bridgehead atoms. The first kappa shape index (κ1) is 7.56. The van der Waals surface area contributed by atoms with E-state index in [4.69, 9.17) is 0 Å². The van der Waals surface area contributed by atoms with Crippen LogP contribution in [0.15, 0.2) is 0 Å². The second-order valence-electron chi connectivity index (χ2n) is 4.00. The molecule has 2 N–H and O–H groups in total. The molecule has 1 heterocycles. The van der Waals surface area contributed by atoms with E-state index in [1.165, 1.54) is 19.3 Å². The van der Waals surface area contributed by atoms with E-state index in [2.05, 4.69) is 5.32 Å². The van der Waals surface area contributed by atoms with E-state index < -0.39 is 0 Å². The van der Waals surface area contributed by atoms with Crippen molar-refractivity contribution in [2.45, 2.75) is 31.8 Å². The molecule has 2 rings (SSSR count). The Morgan fingerprint density at radius 1 is 1.36 bits per heavy atom. The summed E-state index contributed by atoms with van der Waals surface area (Å²) < 4.78 is 0. The van der Waals surface area contributed by atoms with Crippen molar-refractivity contribution in [3.05, 3.63) is 0 Å². The zero-order chi connectivity index (χ0) is 7.68. The first-order chi connectivity index (χ1) is 5.36. The summed E-state index contributed by atoms with van der Waals surface area (Å²) in [6.45, 7) is 2.14. The monoisotopic (exact) mass is 155 g/mol. The first-order valence-corrected chi connectivity index (χ1v) is 4.75. The molecular weight excluding hydrogens is 138 g/mol. The topological polar surface area (TPSA) is 32.3 Å². The van der Waals surface area contributed by atoms with Gasteiger partial charge in [-0.2, -0.15) is 0 Å². The molecule has 2 atom stereocenters. The van der Waals surface area contributed by atoms with Crippen molar-refractivity contribution in [2.24, 2.45) is 11.8 Å². The minimum atomic E-state index is -0.0162. The van der Waals surface area contributed by atoms with Gasteiger partial charge in [0.2, 0.25) is 0 Å². The van der Waals surface area contributed by atoms with Gasteiger partial charge >= 0.3 is 0 Å². The summed E-state index contributed by atoms with van der Waals surface area (Å²) in [4.78, 5) is 0. The quantitative estimate of drug-likeness (QED) is 0.630. The van der Waals surface area contributed by atoms with Gasteiger partial charge in [-0.3, -0.25) is 0 Å². The van der Waals surface area contributed by atoms with Gasteiger partial charge in [0.1, 0.15) is 0 Å². The number of rotatable bonds is 3. The minimum absolute atomic E-state index is 0.0162. The number of aliphatic hydroxyl groups is 1. The zero-order valence-corrected chi connectivity index (χ0v) is 6.92. The smallest absolute Gasteiger partial charge is 0.0583 e. The van der Waals surface area contributed by atoms with Crippen molar-refractivity contribution in [3.8, 4) is 0 Å². The van der Waals surface area contributed by atoms with Gasteiger partial charge in [-0.1, -0.05) is 12.8 Å². The summed E-state index contributed by atoms with van der Waals surface area (Å²) >= 11 is 0. The van der Waals surface area contributed by atoms with E-state index in [9.17, 15) is 5.11 Å². The van der Waals surface area contributed by atoms with E-state index in [1.54, 1.807) is 0 Å². The normalized spacial score (nSPS) is 34.1. The van der Waals surface area contributed by atoms with E-state index in [1.807, 2.05) is 0 Å². The molecule has 64 valence electrons. The predicted molar refractivity (Wildman–Crippen MR) is 44.3 cm³/mol. The van der Waals surface area contributed by atoms with Crippen molar-refractivity contribution >= 4 is 0 Å². The van der Waals surface area contributed by atoms with Crippen molar-refractivity contribution in [2.75, 3.05) is 13.1 Å². The maximum absolute atomic E-state index is 9.72. The Labute approximate surface area is 68.0 Å². The Kier molecular flexibility index (Phi) is 2.14. The minimum Gasteiger partial charge on any atom is -0.393 e. The van der Waals surface area contributed by atoms with Gasteiger partial charge in [0.25, 0.3) is 0 Å². The van der Waals surface area contributed by atoms with Crippen molar-refractivity contribution < 1.29 is 5.11 Å². The molecule has 1 saturated carbocycles. The first-order valence-electron chi connectivity index (χ1n) is 4.75. The van der Waals surface area contributed by atoms with Crippen LogP contribution in [0.4, 0.5) is 0 Å². The molecule has 2 fully saturated rings. The van der Waals surface area contributed by atoms with Crippen LogP contribution in [0.2, 0.25) is 0 Å². The molecule has 1 aliphatic heterocycles. The van der Waals surface area contributed by atoms with Crippen molar-refractivity contribution in [1.82, 2.24) is 5.32 Å². The molecule has 1 aliphatic carbocycles. The lowest BCUT2D eigenvalue weighted by molar-refractivity contribution is 0.102. The van der Waals surface area contributed by atoms with E-state index in [-0.39, 0.29) is 6.10 Å². The Morgan fingerprint density at radius 3 is 2.73 bits per heavy atom. The molecule has 2 aliphatic rings. The van der Waals surface area contributed by atoms with Crippen LogP contribution in [-0.2, 0) is 0 Å². The second-order valence-corrected chi connectivity index (χ2v) is 4.00. The third kappa shape index (κ3) is 1.94. The highest BCUT2D eigenvalue weighted by Crippen LogP contribution is 2.35. The fourth-order valence-electron chi connectivity index (χ4n) is 1.89. The number of aliphatic hydroxyl groups excluding tert-OH is 1. The van der Waals surface area contributed by atoms with E-state index >= 15 is 0 Å². The fourth-order valence-corrected chi connectivity index (χ4v) is 1.89. The molecule has 0 spiro atoms. The zero-order valence-electron chi connectivity index (χ0n) is 6.92. The number of hydrogen-bond donors (Lipinski definition) is 2. The predicted octanol–water partition coefficient (Wildman–Crippen LogP) is 0.757. The Morgan fingerprint density at radius 2 is 2.18 bits per heavy atom. The average Bonchev–Trinajstić information content (AvgIpc) is 2.67. The average molecular weight is 155 g/mol. The molecule has 0 aromatic rings. The molecular formula is C9H17NO. The summed E-state index contributed by atoms with van der Waals surface area (Å²) in [5, 5.41) is 13.0. The third-order valence-electron chi connectivity index (χ3n) is 2.91. The summed E-state index contributed by atoms with van der Waals surface area (Å²) in [7, 11) is 0. The lowest BCUT2D eigenvalue weighted by Gasteiger charge is -2.15. The molecule has 1 saturated heterocycles. The Balaban J connectivity index is 1.73. The van der Waals surface area contributed by atoms with Gasteiger partial charge in [0.15, 0.2) is 0 Å². The van der Waals surface area contributed by atoms with Crippen molar-refractivity contribution in [3.63, 3.8) is 0 Å². The van der Waals surface area contributed by atoms with Crippen LogP contribution >= 0.6 is 0 Å². The Hall–Kier alpha value is -0.0800. The molecule has 2 nitrogen and oxygen atoms in total. The lowest BCUT2D eigenvalue weighted by atomic mass is 9.97. The van der Waals surface area contributed by atoms with E-state index in [0.29, 0.717) is 5.92 Å². The number of nitrogens with one attached hydrogen (secondary N) is 1. The summed E-state index contributed by atoms with van der Waals surface area (Å²) in [5.41, 5.74) is 0. The van der Waals surface area contributed by atoms with Gasteiger partial charge in [-0.25, -0.2) is 0 Å². The molecule has 1 unspecified atom stereocenters. The SMILES string of the molecule is OC(CC1CC1)[C@@H]1CCNC1. The molecule has 0 aromatic heterocycles. The molecule has 0 aromatic carbocycles. The highest BCUT2D eigenvalue weighted by Gasteiger charge is 2.29. The van der Waals surface area contributed by atoms with Crippen LogP contribution in [0.25, 0.3) is 0 Å². The standard InChI is InChI=1S/C9H17NO/c11-9(5-7-1-2-7)8-3-4-10-6-8/h7-11H,1-6H2/t8-,9?/m1/s1. The summed E-state index contributed by atoms with van der Waals surface area (Å²) in [6, 6.07) is 0. The lowest BCUT2D eigenvalue weighted by Crippen LogP contribution is -2.23. The van der Waals surface area contributed by atoms with Gasteiger partial charge in [0.05, 0.1) is 6.10 Å². The maximum Gasteiger partial charge on any atom is 0.0583 e. The van der Waals surface area contributed by atoms with Crippen LogP contribution in [0.1, 0.15) is 25.7 Å². The van der Waals surface area contributed by atoms with Gasteiger partial charge in [-0.15, -0.1) is 0 Å². The largest absolute Gasteiger partial charge is 0.393 e. The van der Waals surface area contributed by atoms with E-state index in [0.717, 1.165) is 25.4 Å². The second kappa shape index (κ2) is 3.11. The molecule has 11 heavy (non-hydrogen) atoms.